The van der Waals surface area contributed by atoms with Gasteiger partial charge in [0.15, 0.2) is 0 Å². The van der Waals surface area contributed by atoms with Crippen LogP contribution in [-0.2, 0) is 19.5 Å². The van der Waals surface area contributed by atoms with Gasteiger partial charge in [-0.05, 0) is 25.2 Å². The van der Waals surface area contributed by atoms with Gasteiger partial charge in [0.05, 0.1) is 6.10 Å². The number of aliphatic carboxylic acids is 1. The van der Waals surface area contributed by atoms with Crippen LogP contribution in [0.3, 0.4) is 0 Å². The quantitative estimate of drug-likeness (QED) is 0.242. The average molecular weight is 342 g/mol. The molecule has 0 amide bonds. The Bertz CT molecular complexity index is 410. The molecule has 0 radical (unpaired) electrons. The molecule has 1 heterocycles. The molecular formula is C18H30O6. The lowest BCUT2D eigenvalue weighted by Gasteiger charge is -2.28. The van der Waals surface area contributed by atoms with E-state index in [1.807, 2.05) is 6.08 Å². The number of hydrogen-bond acceptors (Lipinski definition) is 5. The summed E-state index contributed by atoms with van der Waals surface area (Å²) in [5, 5.41) is 17.8. The molecule has 1 aliphatic carbocycles. The Hall–Kier alpha value is -0.950. The first-order valence-electron chi connectivity index (χ1n) is 9.18. The molecule has 1 unspecified atom stereocenters. The third-order valence-electron chi connectivity index (χ3n) is 5.12. The minimum atomic E-state index is -0.742. The molecule has 1 saturated heterocycles. The van der Waals surface area contributed by atoms with Crippen molar-refractivity contribution >= 4 is 5.97 Å². The smallest absolute Gasteiger partial charge is 0.303 e. The van der Waals surface area contributed by atoms with Gasteiger partial charge in [-0.15, -0.1) is 0 Å². The lowest BCUT2D eigenvalue weighted by atomic mass is 9.87. The number of fused-ring (bicyclic) bond motifs is 2. The van der Waals surface area contributed by atoms with Crippen molar-refractivity contribution in [3.05, 3.63) is 12.2 Å². The molecule has 2 N–H and O–H groups in total. The van der Waals surface area contributed by atoms with E-state index < -0.39 is 5.97 Å². The van der Waals surface area contributed by atoms with E-state index in [-0.39, 0.29) is 30.7 Å². The first kappa shape index (κ1) is 19.4. The van der Waals surface area contributed by atoms with Crippen molar-refractivity contribution in [2.45, 2.75) is 83.0 Å². The van der Waals surface area contributed by atoms with E-state index in [1.54, 1.807) is 0 Å². The molecule has 0 aromatic rings. The highest BCUT2D eigenvalue weighted by atomic mass is 17.2. The second-order valence-corrected chi connectivity index (χ2v) is 6.91. The molecule has 0 aromatic carbocycles. The highest BCUT2D eigenvalue weighted by molar-refractivity contribution is 5.66. The number of rotatable bonds is 12. The van der Waals surface area contributed by atoms with Crippen molar-refractivity contribution in [2.24, 2.45) is 11.8 Å². The van der Waals surface area contributed by atoms with Crippen LogP contribution in [0.1, 0.15) is 64.7 Å². The van der Waals surface area contributed by atoms with E-state index >= 15 is 0 Å². The molecule has 2 fully saturated rings. The van der Waals surface area contributed by atoms with Crippen LogP contribution < -0.4 is 0 Å². The van der Waals surface area contributed by atoms with Gasteiger partial charge < -0.3 is 5.11 Å². The number of carboxylic acids is 1. The van der Waals surface area contributed by atoms with Crippen molar-refractivity contribution in [3.63, 3.8) is 0 Å². The van der Waals surface area contributed by atoms with Crippen LogP contribution in [0.4, 0.5) is 0 Å². The highest BCUT2D eigenvalue weighted by Crippen LogP contribution is 2.45. The van der Waals surface area contributed by atoms with Gasteiger partial charge in [0, 0.05) is 18.8 Å². The maximum atomic E-state index is 10.6. The fourth-order valence-corrected chi connectivity index (χ4v) is 3.77. The van der Waals surface area contributed by atoms with Crippen LogP contribution in [0.25, 0.3) is 0 Å². The van der Waals surface area contributed by atoms with Crippen molar-refractivity contribution in [1.29, 1.82) is 0 Å². The van der Waals surface area contributed by atoms with Crippen LogP contribution in [0.15, 0.2) is 12.2 Å². The summed E-state index contributed by atoms with van der Waals surface area (Å²) in [6.07, 6.45) is 11.6. The van der Waals surface area contributed by atoms with E-state index in [2.05, 4.69) is 17.9 Å². The number of carbonyl (C=O) groups is 1. The summed E-state index contributed by atoms with van der Waals surface area (Å²) in [7, 11) is 0. The summed E-state index contributed by atoms with van der Waals surface area (Å²) in [6, 6.07) is 0. The maximum Gasteiger partial charge on any atom is 0.303 e. The minimum absolute atomic E-state index is 0.0608. The third kappa shape index (κ3) is 5.55. The van der Waals surface area contributed by atoms with Crippen LogP contribution in [0, 0.1) is 11.8 Å². The molecule has 2 rings (SSSR count). The molecule has 6 heteroatoms. The summed E-state index contributed by atoms with van der Waals surface area (Å²) in [5.41, 5.74) is 0. The van der Waals surface area contributed by atoms with Gasteiger partial charge in [0.1, 0.15) is 12.2 Å². The minimum Gasteiger partial charge on any atom is -0.481 e. The van der Waals surface area contributed by atoms with Gasteiger partial charge >= 0.3 is 5.97 Å². The van der Waals surface area contributed by atoms with Crippen LogP contribution in [-0.4, -0.2) is 34.6 Å². The summed E-state index contributed by atoms with van der Waals surface area (Å²) in [5.74, 6) is -0.143. The largest absolute Gasteiger partial charge is 0.481 e. The Balaban J connectivity index is 1.83. The first-order valence-corrected chi connectivity index (χ1v) is 9.18. The summed E-state index contributed by atoms with van der Waals surface area (Å²) in [4.78, 5) is 25.9. The fourth-order valence-electron chi connectivity index (χ4n) is 3.77. The maximum absolute atomic E-state index is 10.6. The van der Waals surface area contributed by atoms with E-state index in [0.717, 1.165) is 44.9 Å². The topological polar surface area (TPSA) is 85.2 Å². The number of unbranched alkanes of at least 4 members (excludes halogenated alkanes) is 3. The molecule has 0 aromatic heterocycles. The summed E-state index contributed by atoms with van der Waals surface area (Å²) >= 11 is 0. The Morgan fingerprint density at radius 1 is 1.25 bits per heavy atom. The Morgan fingerprint density at radius 2 is 2.04 bits per heavy atom. The van der Waals surface area contributed by atoms with Crippen molar-refractivity contribution in [3.8, 4) is 0 Å². The van der Waals surface area contributed by atoms with Crippen LogP contribution in [0.5, 0.6) is 0 Å². The second-order valence-electron chi connectivity index (χ2n) is 6.91. The Labute approximate surface area is 143 Å². The SMILES string of the molecule is CCCCCC(C=C[C@@H]1[C@@H](CCCCC(=O)O)[C@H]2C[C@H]1OO2)OO. The molecule has 24 heavy (non-hydrogen) atoms. The lowest BCUT2D eigenvalue weighted by Crippen LogP contribution is -2.29. The van der Waals surface area contributed by atoms with Gasteiger partial charge in [-0.2, -0.15) is 0 Å². The molecule has 2 bridgehead atoms. The predicted molar refractivity (Wildman–Crippen MR) is 88.2 cm³/mol. The van der Waals surface area contributed by atoms with Gasteiger partial charge in [0.25, 0.3) is 0 Å². The molecule has 0 spiro atoms. The summed E-state index contributed by atoms with van der Waals surface area (Å²) in [6.45, 7) is 2.15. The summed E-state index contributed by atoms with van der Waals surface area (Å²) < 4.78 is 0. The zero-order valence-electron chi connectivity index (χ0n) is 14.4. The van der Waals surface area contributed by atoms with Gasteiger partial charge in [0.2, 0.25) is 0 Å². The zero-order valence-corrected chi connectivity index (χ0v) is 14.4. The van der Waals surface area contributed by atoms with Crippen LogP contribution >= 0.6 is 0 Å². The van der Waals surface area contributed by atoms with Gasteiger partial charge in [-0.1, -0.05) is 44.8 Å². The molecular weight excluding hydrogens is 312 g/mol. The second kappa shape index (κ2) is 10.1. The Morgan fingerprint density at radius 3 is 2.75 bits per heavy atom. The molecule has 1 saturated carbocycles. The normalized spacial score (nSPS) is 30.2. The highest BCUT2D eigenvalue weighted by Gasteiger charge is 2.49. The first-order chi connectivity index (χ1) is 11.7. The molecule has 2 aliphatic rings. The molecule has 1 aliphatic heterocycles. The molecule has 6 nitrogen and oxygen atoms in total. The molecule has 5 atom stereocenters. The average Bonchev–Trinajstić information content (AvgIpc) is 3.16. The van der Waals surface area contributed by atoms with E-state index in [4.69, 9.17) is 20.1 Å². The van der Waals surface area contributed by atoms with E-state index in [1.165, 1.54) is 0 Å². The van der Waals surface area contributed by atoms with Crippen LogP contribution in [0.2, 0.25) is 0 Å². The molecule has 138 valence electrons. The van der Waals surface area contributed by atoms with Crippen molar-refractivity contribution < 1.29 is 29.8 Å². The van der Waals surface area contributed by atoms with Crippen molar-refractivity contribution in [2.75, 3.05) is 0 Å². The predicted octanol–water partition coefficient (Wildman–Crippen LogP) is 3.96. The van der Waals surface area contributed by atoms with Gasteiger partial charge in [-0.25, -0.2) is 14.7 Å². The standard InChI is InChI=1S/C18H30O6/c1-2-3-4-7-13(22-21)10-11-15-14(8-5-6-9-18(19)20)16-12-17(15)24-23-16/h10-11,13-17,21H,2-9,12H2,1H3,(H,19,20)/t13?,14-,15-,16-,17-/m1/s1. The Kier molecular flexibility index (Phi) is 8.18. The van der Waals surface area contributed by atoms with Crippen molar-refractivity contribution in [1.82, 2.24) is 0 Å². The fraction of sp³-hybridized carbons (Fsp3) is 0.833. The number of carboxylic acid groups (broad SMARTS) is 1. The van der Waals surface area contributed by atoms with E-state index in [0.29, 0.717) is 12.3 Å². The number of hydrogen-bond donors (Lipinski definition) is 2. The lowest BCUT2D eigenvalue weighted by molar-refractivity contribution is -0.337. The third-order valence-corrected chi connectivity index (χ3v) is 5.12. The van der Waals surface area contributed by atoms with E-state index in [9.17, 15) is 4.79 Å². The zero-order chi connectivity index (χ0) is 17.4. The van der Waals surface area contributed by atoms with Gasteiger partial charge in [-0.3, -0.25) is 10.1 Å². The monoisotopic (exact) mass is 342 g/mol.